The van der Waals surface area contributed by atoms with E-state index in [2.05, 4.69) is 5.32 Å². The van der Waals surface area contributed by atoms with Gasteiger partial charge in [-0.05, 0) is 36.8 Å². The van der Waals surface area contributed by atoms with Gasteiger partial charge in [-0.25, -0.2) is 4.39 Å². The van der Waals surface area contributed by atoms with Crippen molar-refractivity contribution >= 4 is 28.9 Å². The van der Waals surface area contributed by atoms with Gasteiger partial charge in [-0.15, -0.1) is 0 Å². The van der Waals surface area contributed by atoms with Crippen LogP contribution in [0.15, 0.2) is 30.3 Å². The molecule has 2 aromatic rings. The molecule has 0 fully saturated rings. The molecular formula is C16H16Cl2FNO2. The lowest BCUT2D eigenvalue weighted by atomic mass is 10.2. The summed E-state index contributed by atoms with van der Waals surface area (Å²) in [4.78, 5) is 0. The molecule has 3 nitrogen and oxygen atoms in total. The summed E-state index contributed by atoms with van der Waals surface area (Å²) < 4.78 is 23.9. The van der Waals surface area contributed by atoms with E-state index < -0.39 is 5.82 Å². The minimum atomic E-state index is -0.451. The summed E-state index contributed by atoms with van der Waals surface area (Å²) >= 11 is 12.0. The molecule has 0 spiro atoms. The molecule has 118 valence electrons. The number of nitrogens with one attached hydrogen (secondary N) is 1. The molecule has 0 saturated heterocycles. The smallest absolute Gasteiger partial charge is 0.162 e. The number of hydrogen-bond donors (Lipinski definition) is 1. The molecule has 0 aliphatic carbocycles. The topological polar surface area (TPSA) is 30.5 Å². The SMILES string of the molecule is CCOc1cc(Cl)c(CNc2ccc(F)c(Cl)c2)cc1OC. The Labute approximate surface area is 138 Å². The average Bonchev–Trinajstić information content (AvgIpc) is 2.50. The quantitative estimate of drug-likeness (QED) is 0.786. The first-order chi connectivity index (χ1) is 10.5. The van der Waals surface area contributed by atoms with Crippen molar-refractivity contribution in [2.75, 3.05) is 19.0 Å². The van der Waals surface area contributed by atoms with Crippen molar-refractivity contribution in [1.82, 2.24) is 0 Å². The fourth-order valence-electron chi connectivity index (χ4n) is 1.94. The van der Waals surface area contributed by atoms with E-state index in [9.17, 15) is 4.39 Å². The van der Waals surface area contributed by atoms with Crippen LogP contribution in [0, 0.1) is 5.82 Å². The van der Waals surface area contributed by atoms with Crippen LogP contribution in [0.4, 0.5) is 10.1 Å². The number of ether oxygens (including phenoxy) is 2. The molecule has 0 amide bonds. The lowest BCUT2D eigenvalue weighted by Crippen LogP contribution is -2.02. The first kappa shape index (κ1) is 16.7. The molecular weight excluding hydrogens is 328 g/mol. The van der Waals surface area contributed by atoms with Crippen LogP contribution in [-0.2, 0) is 6.54 Å². The maximum Gasteiger partial charge on any atom is 0.162 e. The molecule has 2 rings (SSSR count). The Kier molecular flexibility index (Phi) is 5.75. The maximum absolute atomic E-state index is 13.1. The van der Waals surface area contributed by atoms with Gasteiger partial charge in [0.25, 0.3) is 0 Å². The van der Waals surface area contributed by atoms with E-state index in [0.717, 1.165) is 5.56 Å². The predicted octanol–water partition coefficient (Wildman–Crippen LogP) is 5.15. The Bertz CT molecular complexity index is 665. The van der Waals surface area contributed by atoms with Gasteiger partial charge in [0.2, 0.25) is 0 Å². The first-order valence-electron chi connectivity index (χ1n) is 6.73. The van der Waals surface area contributed by atoms with Crippen LogP contribution in [0.25, 0.3) is 0 Å². The highest BCUT2D eigenvalue weighted by molar-refractivity contribution is 6.31. The maximum atomic E-state index is 13.1. The summed E-state index contributed by atoms with van der Waals surface area (Å²) in [7, 11) is 1.57. The first-order valence-corrected chi connectivity index (χ1v) is 7.48. The van der Waals surface area contributed by atoms with Gasteiger partial charge in [0.15, 0.2) is 11.5 Å². The molecule has 0 saturated carbocycles. The zero-order valence-electron chi connectivity index (χ0n) is 12.3. The van der Waals surface area contributed by atoms with E-state index in [1.54, 1.807) is 19.2 Å². The zero-order valence-corrected chi connectivity index (χ0v) is 13.8. The highest BCUT2D eigenvalue weighted by atomic mass is 35.5. The van der Waals surface area contributed by atoms with Crippen LogP contribution in [-0.4, -0.2) is 13.7 Å². The summed E-state index contributed by atoms with van der Waals surface area (Å²) in [6, 6.07) is 7.98. The van der Waals surface area contributed by atoms with Gasteiger partial charge in [0.05, 0.1) is 18.7 Å². The Balaban J connectivity index is 2.16. The van der Waals surface area contributed by atoms with E-state index in [1.807, 2.05) is 13.0 Å². The summed E-state index contributed by atoms with van der Waals surface area (Å²) in [5.41, 5.74) is 1.54. The van der Waals surface area contributed by atoms with Gasteiger partial charge < -0.3 is 14.8 Å². The predicted molar refractivity (Wildman–Crippen MR) is 87.9 cm³/mol. The van der Waals surface area contributed by atoms with Crippen LogP contribution in [0.3, 0.4) is 0 Å². The van der Waals surface area contributed by atoms with Crippen molar-refractivity contribution in [3.63, 3.8) is 0 Å². The zero-order chi connectivity index (χ0) is 16.1. The molecule has 0 bridgehead atoms. The van der Waals surface area contributed by atoms with Gasteiger partial charge in [0, 0.05) is 23.3 Å². The van der Waals surface area contributed by atoms with E-state index in [4.69, 9.17) is 32.7 Å². The van der Waals surface area contributed by atoms with Crippen molar-refractivity contribution < 1.29 is 13.9 Å². The summed E-state index contributed by atoms with van der Waals surface area (Å²) in [5, 5.41) is 3.77. The van der Waals surface area contributed by atoms with Crippen molar-refractivity contribution in [2.24, 2.45) is 0 Å². The molecule has 0 radical (unpaired) electrons. The summed E-state index contributed by atoms with van der Waals surface area (Å²) in [6.07, 6.45) is 0. The number of hydrogen-bond acceptors (Lipinski definition) is 3. The molecule has 0 aliphatic heterocycles. The minimum absolute atomic E-state index is 0.0698. The highest BCUT2D eigenvalue weighted by Gasteiger charge is 2.10. The van der Waals surface area contributed by atoms with Gasteiger partial charge in [-0.3, -0.25) is 0 Å². The molecule has 0 aliphatic rings. The summed E-state index contributed by atoms with van der Waals surface area (Å²) in [6.45, 7) is 2.86. The standard InChI is InChI=1S/C16H16Cl2FNO2/c1-3-22-16-8-12(17)10(6-15(16)21-2)9-20-11-4-5-14(19)13(18)7-11/h4-8,20H,3,9H2,1-2H3. The second-order valence-corrected chi connectivity index (χ2v) is 5.32. The second-order valence-electron chi connectivity index (χ2n) is 4.51. The van der Waals surface area contributed by atoms with Gasteiger partial charge in [-0.2, -0.15) is 0 Å². The van der Waals surface area contributed by atoms with Gasteiger partial charge >= 0.3 is 0 Å². The molecule has 22 heavy (non-hydrogen) atoms. The molecule has 0 unspecified atom stereocenters. The minimum Gasteiger partial charge on any atom is -0.493 e. The average molecular weight is 344 g/mol. The van der Waals surface area contributed by atoms with Crippen molar-refractivity contribution in [3.8, 4) is 11.5 Å². The van der Waals surface area contributed by atoms with E-state index in [1.165, 1.54) is 12.1 Å². The largest absolute Gasteiger partial charge is 0.493 e. The van der Waals surface area contributed by atoms with Crippen LogP contribution >= 0.6 is 23.2 Å². The Morgan fingerprint density at radius 2 is 1.86 bits per heavy atom. The highest BCUT2D eigenvalue weighted by Crippen LogP contribution is 2.33. The molecule has 2 aromatic carbocycles. The molecule has 1 N–H and O–H groups in total. The third kappa shape index (κ3) is 3.96. The Morgan fingerprint density at radius 3 is 2.50 bits per heavy atom. The molecule has 0 aromatic heterocycles. The normalized spacial score (nSPS) is 10.4. The molecule has 0 heterocycles. The molecule has 0 atom stereocenters. The third-order valence-electron chi connectivity index (χ3n) is 3.04. The number of methoxy groups -OCH3 is 1. The number of benzene rings is 2. The fraction of sp³-hybridized carbons (Fsp3) is 0.250. The monoisotopic (exact) mass is 343 g/mol. The van der Waals surface area contributed by atoms with Gasteiger partial charge in [-0.1, -0.05) is 23.2 Å². The van der Waals surface area contributed by atoms with E-state index in [0.29, 0.717) is 35.4 Å². The van der Waals surface area contributed by atoms with Crippen molar-refractivity contribution in [2.45, 2.75) is 13.5 Å². The van der Waals surface area contributed by atoms with E-state index in [-0.39, 0.29) is 5.02 Å². The number of rotatable bonds is 6. The summed E-state index contributed by atoms with van der Waals surface area (Å²) in [5.74, 6) is 0.761. The Hall–Kier alpha value is -1.65. The number of halogens is 3. The van der Waals surface area contributed by atoms with E-state index >= 15 is 0 Å². The second kappa shape index (κ2) is 7.56. The van der Waals surface area contributed by atoms with Crippen molar-refractivity contribution in [3.05, 3.63) is 51.8 Å². The van der Waals surface area contributed by atoms with Crippen LogP contribution < -0.4 is 14.8 Å². The van der Waals surface area contributed by atoms with Crippen LogP contribution in [0.1, 0.15) is 12.5 Å². The van der Waals surface area contributed by atoms with Crippen molar-refractivity contribution in [1.29, 1.82) is 0 Å². The Morgan fingerprint density at radius 1 is 1.09 bits per heavy atom. The lowest BCUT2D eigenvalue weighted by molar-refractivity contribution is 0.311. The van der Waals surface area contributed by atoms with Crippen LogP contribution in [0.5, 0.6) is 11.5 Å². The number of anilines is 1. The van der Waals surface area contributed by atoms with Gasteiger partial charge in [0.1, 0.15) is 5.82 Å². The fourth-order valence-corrected chi connectivity index (χ4v) is 2.34. The third-order valence-corrected chi connectivity index (χ3v) is 3.68. The lowest BCUT2D eigenvalue weighted by Gasteiger charge is -2.14. The van der Waals surface area contributed by atoms with Crippen LogP contribution in [0.2, 0.25) is 10.0 Å². The molecule has 6 heteroatoms.